The van der Waals surface area contributed by atoms with Crippen molar-refractivity contribution in [1.29, 1.82) is 0 Å². The standard InChI is InChI=1S/C10H15O2P.Zn/c1-2-13(11,12)9-8-10-6-4-3-5-7-10;/h3-7H,2,8-9H2,1H3,(H,11,12);. The Balaban J connectivity index is 0.00000169. The van der Waals surface area contributed by atoms with Crippen molar-refractivity contribution < 1.29 is 28.9 Å². The Morgan fingerprint density at radius 3 is 2.36 bits per heavy atom. The van der Waals surface area contributed by atoms with Crippen LogP contribution in [0.15, 0.2) is 30.3 Å². The van der Waals surface area contributed by atoms with Crippen molar-refractivity contribution in [3.05, 3.63) is 35.9 Å². The SMILES string of the molecule is CCP(=O)(O)CCc1ccccc1.[Zn]. The fourth-order valence-electron chi connectivity index (χ4n) is 1.11. The Bertz CT molecular complexity index is 300. The minimum atomic E-state index is -2.84. The first-order valence-electron chi connectivity index (χ1n) is 4.49. The van der Waals surface area contributed by atoms with Gasteiger partial charge in [0.05, 0.1) is 0 Å². The molecule has 4 heteroatoms. The predicted octanol–water partition coefficient (Wildman–Crippen LogP) is 2.52. The van der Waals surface area contributed by atoms with Crippen molar-refractivity contribution in [2.75, 3.05) is 12.3 Å². The first-order chi connectivity index (χ1) is 6.14. The van der Waals surface area contributed by atoms with E-state index in [0.717, 1.165) is 5.56 Å². The molecule has 1 aromatic carbocycles. The number of aryl methyl sites for hydroxylation is 1. The first kappa shape index (κ1) is 14.0. The molecule has 1 aromatic rings. The fourth-order valence-corrected chi connectivity index (χ4v) is 2.03. The molecular formula is C10H15O2PZn. The van der Waals surface area contributed by atoms with E-state index in [4.69, 9.17) is 0 Å². The summed E-state index contributed by atoms with van der Waals surface area (Å²) in [6.07, 6.45) is 1.47. The van der Waals surface area contributed by atoms with Gasteiger partial charge in [0.15, 0.2) is 0 Å². The van der Waals surface area contributed by atoms with Gasteiger partial charge in [-0.1, -0.05) is 37.3 Å². The Morgan fingerprint density at radius 1 is 1.29 bits per heavy atom. The monoisotopic (exact) mass is 262 g/mol. The van der Waals surface area contributed by atoms with Crippen LogP contribution < -0.4 is 0 Å². The van der Waals surface area contributed by atoms with Gasteiger partial charge in [-0.15, -0.1) is 0 Å². The number of hydrogen-bond acceptors (Lipinski definition) is 1. The maximum atomic E-state index is 11.3. The quantitative estimate of drug-likeness (QED) is 0.669. The summed E-state index contributed by atoms with van der Waals surface area (Å²) in [5.41, 5.74) is 1.13. The molecule has 0 spiro atoms. The zero-order valence-corrected chi connectivity index (χ0v) is 12.4. The summed E-state index contributed by atoms with van der Waals surface area (Å²) in [4.78, 5) is 9.34. The summed E-state index contributed by atoms with van der Waals surface area (Å²) >= 11 is 0. The minimum Gasteiger partial charge on any atom is -0.344 e. The van der Waals surface area contributed by atoms with E-state index in [-0.39, 0.29) is 19.5 Å². The van der Waals surface area contributed by atoms with Crippen molar-refractivity contribution in [1.82, 2.24) is 0 Å². The Kier molecular flexibility index (Phi) is 6.52. The van der Waals surface area contributed by atoms with Crippen molar-refractivity contribution in [3.8, 4) is 0 Å². The van der Waals surface area contributed by atoms with E-state index in [9.17, 15) is 9.46 Å². The van der Waals surface area contributed by atoms with Crippen LogP contribution in [0.25, 0.3) is 0 Å². The van der Waals surface area contributed by atoms with E-state index < -0.39 is 7.37 Å². The van der Waals surface area contributed by atoms with Gasteiger partial charge >= 0.3 is 0 Å². The average molecular weight is 264 g/mol. The second kappa shape index (κ2) is 6.50. The van der Waals surface area contributed by atoms with Crippen molar-refractivity contribution in [2.24, 2.45) is 0 Å². The van der Waals surface area contributed by atoms with Gasteiger partial charge in [0.25, 0.3) is 0 Å². The summed E-state index contributed by atoms with van der Waals surface area (Å²) in [5, 5.41) is 0. The van der Waals surface area contributed by atoms with Gasteiger partial charge in [0.1, 0.15) is 0 Å². The third kappa shape index (κ3) is 5.05. The van der Waals surface area contributed by atoms with Crippen molar-refractivity contribution in [2.45, 2.75) is 13.3 Å². The van der Waals surface area contributed by atoms with E-state index in [1.807, 2.05) is 30.3 Å². The largest absolute Gasteiger partial charge is 0.344 e. The maximum absolute atomic E-state index is 11.3. The van der Waals surface area contributed by atoms with Gasteiger partial charge in [-0.3, -0.25) is 4.57 Å². The first-order valence-corrected chi connectivity index (χ1v) is 6.52. The Hall–Kier alpha value is 0.0334. The Labute approximate surface area is 97.9 Å². The molecule has 0 radical (unpaired) electrons. The topological polar surface area (TPSA) is 37.3 Å². The molecule has 0 heterocycles. The van der Waals surface area contributed by atoms with Gasteiger partial charge in [-0.05, 0) is 12.0 Å². The van der Waals surface area contributed by atoms with E-state index in [2.05, 4.69) is 0 Å². The molecule has 0 fully saturated rings. The van der Waals surface area contributed by atoms with Gasteiger partial charge in [-0.25, -0.2) is 0 Å². The van der Waals surface area contributed by atoms with Crippen molar-refractivity contribution >= 4 is 7.37 Å². The van der Waals surface area contributed by atoms with E-state index >= 15 is 0 Å². The van der Waals surface area contributed by atoms with Gasteiger partial charge in [0, 0.05) is 31.8 Å². The molecule has 14 heavy (non-hydrogen) atoms. The molecule has 0 aliphatic carbocycles. The summed E-state index contributed by atoms with van der Waals surface area (Å²) in [7, 11) is -2.84. The second-order valence-electron chi connectivity index (χ2n) is 3.12. The smallest absolute Gasteiger partial charge is 0.200 e. The number of rotatable bonds is 4. The molecule has 0 amide bonds. The molecule has 0 aliphatic heterocycles. The normalized spacial score (nSPS) is 14.1. The Morgan fingerprint density at radius 2 is 1.86 bits per heavy atom. The molecule has 0 bridgehead atoms. The van der Waals surface area contributed by atoms with Crippen LogP contribution >= 0.6 is 7.37 Å². The molecule has 1 unspecified atom stereocenters. The van der Waals surface area contributed by atoms with Gasteiger partial charge in [-0.2, -0.15) is 0 Å². The average Bonchev–Trinajstić information content (AvgIpc) is 2.17. The predicted molar refractivity (Wildman–Crippen MR) is 55.4 cm³/mol. The van der Waals surface area contributed by atoms with E-state index in [1.54, 1.807) is 6.92 Å². The maximum Gasteiger partial charge on any atom is 0.200 e. The fraction of sp³-hybridized carbons (Fsp3) is 0.400. The van der Waals surface area contributed by atoms with Crippen LogP contribution in [0.2, 0.25) is 0 Å². The molecule has 0 aliphatic rings. The summed E-state index contributed by atoms with van der Waals surface area (Å²) in [5.74, 6) is 0. The molecule has 1 rings (SSSR count). The summed E-state index contributed by atoms with van der Waals surface area (Å²) < 4.78 is 11.3. The van der Waals surface area contributed by atoms with Crippen LogP contribution in [0.5, 0.6) is 0 Å². The summed E-state index contributed by atoms with van der Waals surface area (Å²) in [6, 6.07) is 9.81. The zero-order valence-electron chi connectivity index (χ0n) is 8.52. The zero-order chi connectivity index (χ0) is 9.73. The molecule has 0 aromatic heterocycles. The van der Waals surface area contributed by atoms with Gasteiger partial charge in [0.2, 0.25) is 7.37 Å². The van der Waals surface area contributed by atoms with E-state index in [0.29, 0.717) is 18.7 Å². The molecule has 2 nitrogen and oxygen atoms in total. The third-order valence-electron chi connectivity index (χ3n) is 2.09. The van der Waals surface area contributed by atoms with Crippen LogP contribution in [0, 0.1) is 0 Å². The number of benzene rings is 1. The second-order valence-corrected chi connectivity index (χ2v) is 5.89. The molecule has 1 atom stereocenters. The van der Waals surface area contributed by atoms with Gasteiger partial charge < -0.3 is 4.89 Å². The molecule has 1 N–H and O–H groups in total. The third-order valence-corrected chi connectivity index (χ3v) is 4.00. The molecule has 0 saturated carbocycles. The molecular weight excluding hydrogens is 248 g/mol. The molecule has 0 saturated heterocycles. The van der Waals surface area contributed by atoms with Crippen LogP contribution in [-0.4, -0.2) is 17.2 Å². The van der Waals surface area contributed by atoms with Crippen LogP contribution in [0.4, 0.5) is 0 Å². The van der Waals surface area contributed by atoms with Crippen LogP contribution in [0.3, 0.4) is 0 Å². The minimum absolute atomic E-state index is 0. The van der Waals surface area contributed by atoms with Crippen LogP contribution in [-0.2, 0) is 30.5 Å². The number of hydrogen-bond donors (Lipinski definition) is 1. The van der Waals surface area contributed by atoms with Crippen LogP contribution in [0.1, 0.15) is 12.5 Å². The molecule has 74 valence electrons. The van der Waals surface area contributed by atoms with E-state index in [1.165, 1.54) is 0 Å². The summed E-state index contributed by atoms with van der Waals surface area (Å²) in [6.45, 7) is 1.76. The van der Waals surface area contributed by atoms with Crippen molar-refractivity contribution in [3.63, 3.8) is 0 Å².